The van der Waals surface area contributed by atoms with Gasteiger partial charge in [0.05, 0.1) is 18.1 Å². The first-order valence-corrected chi connectivity index (χ1v) is 13.1. The monoisotopic (exact) mass is 568 g/mol. The molecule has 10 heteroatoms. The van der Waals surface area contributed by atoms with Gasteiger partial charge in [-0.25, -0.2) is 27.3 Å². The number of imidazole rings is 1. The molecule has 0 aliphatic heterocycles. The minimum absolute atomic E-state index is 0.288. The fourth-order valence-electron chi connectivity index (χ4n) is 3.42. The van der Waals surface area contributed by atoms with Crippen LogP contribution in [-0.4, -0.2) is 34.2 Å². The molecule has 1 heterocycles. The van der Waals surface area contributed by atoms with Crippen molar-refractivity contribution in [1.82, 2.24) is 9.55 Å². The van der Waals surface area contributed by atoms with Crippen LogP contribution in [-0.2, 0) is 17.9 Å². The first kappa shape index (κ1) is 33.8. The van der Waals surface area contributed by atoms with Crippen molar-refractivity contribution in [2.45, 2.75) is 65.8 Å². The van der Waals surface area contributed by atoms with E-state index < -0.39 is 24.0 Å². The largest absolute Gasteiger partial charge is 0.485 e. The molecule has 2 aromatic carbocycles. The molecule has 0 bridgehead atoms. The fourth-order valence-corrected chi connectivity index (χ4v) is 3.54. The summed E-state index contributed by atoms with van der Waals surface area (Å²) < 4.78 is 63.0. The Labute approximate surface area is 230 Å². The van der Waals surface area contributed by atoms with Crippen molar-refractivity contribution in [1.29, 1.82) is 0 Å². The van der Waals surface area contributed by atoms with E-state index in [9.17, 15) is 22.4 Å². The molecule has 214 valence electrons. The number of alkyl halides is 4. The summed E-state index contributed by atoms with van der Waals surface area (Å²) in [6.45, 7) is 9.40. The highest BCUT2D eigenvalue weighted by atomic mass is 31.0. The Morgan fingerprint density at radius 1 is 1.08 bits per heavy atom. The Morgan fingerprint density at radius 2 is 1.69 bits per heavy atom. The molecule has 1 aromatic heterocycles. The number of carbonyl (C=O) groups is 1. The van der Waals surface area contributed by atoms with E-state index in [1.54, 1.807) is 25.1 Å². The van der Waals surface area contributed by atoms with Gasteiger partial charge in [-0.1, -0.05) is 65.6 Å². The third-order valence-electron chi connectivity index (χ3n) is 5.15. The predicted molar refractivity (Wildman–Crippen MR) is 152 cm³/mol. The van der Waals surface area contributed by atoms with Crippen molar-refractivity contribution < 1.29 is 31.8 Å². The van der Waals surface area contributed by atoms with Gasteiger partial charge in [0.15, 0.2) is 0 Å². The standard InChI is InChI=1S/C18H18N2O3.C9H13F4P.C2H6/c1-3-20-15-10-6-5-9-14(15)19-17(20)12-23-16-11-7-4-8-13(16)18(21)22-2;1-3-4-7(8(2,10)11)5-6-9(12,13)14;1-2/h4-11H,3,12H2,1-2H3;3-5H,6,14H2,1-2H3;1-2H3/b;4-3-,7-5+;. The molecule has 39 heavy (non-hydrogen) atoms. The highest BCUT2D eigenvalue weighted by Crippen LogP contribution is 2.31. The number of esters is 1. The maximum absolute atomic E-state index is 12.8. The van der Waals surface area contributed by atoms with Crippen LogP contribution in [0.5, 0.6) is 5.75 Å². The maximum Gasteiger partial charge on any atom is 0.341 e. The molecule has 5 nitrogen and oxygen atoms in total. The summed E-state index contributed by atoms with van der Waals surface area (Å²) in [5.74, 6) is -2.17. The Morgan fingerprint density at radius 3 is 2.26 bits per heavy atom. The zero-order chi connectivity index (χ0) is 29.6. The van der Waals surface area contributed by atoms with E-state index in [0.717, 1.165) is 35.6 Å². The molecule has 0 aliphatic carbocycles. The minimum Gasteiger partial charge on any atom is -0.485 e. The smallest absolute Gasteiger partial charge is 0.341 e. The number of methoxy groups -OCH3 is 1. The third kappa shape index (κ3) is 10.8. The molecule has 1 unspecified atom stereocenters. The summed E-state index contributed by atoms with van der Waals surface area (Å²) in [4.78, 5) is 16.4. The molecule has 0 saturated heterocycles. The quantitative estimate of drug-likeness (QED) is 0.113. The van der Waals surface area contributed by atoms with E-state index in [4.69, 9.17) is 9.47 Å². The van der Waals surface area contributed by atoms with E-state index in [1.807, 2.05) is 44.2 Å². The minimum atomic E-state index is -3.08. The van der Waals surface area contributed by atoms with Crippen LogP contribution in [0.4, 0.5) is 17.6 Å². The highest BCUT2D eigenvalue weighted by molar-refractivity contribution is 7.18. The molecule has 0 saturated carbocycles. The second-order valence-corrected chi connectivity index (χ2v) is 8.90. The first-order valence-electron chi connectivity index (χ1n) is 12.5. The average Bonchev–Trinajstić information content (AvgIpc) is 3.27. The fraction of sp³-hybridized carbons (Fsp3) is 0.379. The van der Waals surface area contributed by atoms with Gasteiger partial charge in [-0.05, 0) is 38.1 Å². The molecular formula is C29H37F4N2O3P. The van der Waals surface area contributed by atoms with E-state index >= 15 is 0 Å². The topological polar surface area (TPSA) is 53.4 Å². The Hall–Kier alpha value is -3.19. The first-order chi connectivity index (χ1) is 18.4. The van der Waals surface area contributed by atoms with Crippen molar-refractivity contribution in [2.75, 3.05) is 7.11 Å². The summed E-state index contributed by atoms with van der Waals surface area (Å²) in [6, 6.07) is 15.0. The van der Waals surface area contributed by atoms with E-state index in [0.29, 0.717) is 18.2 Å². The molecule has 0 spiro atoms. The Bertz CT molecular complexity index is 1250. The van der Waals surface area contributed by atoms with Gasteiger partial charge in [-0.15, -0.1) is 0 Å². The third-order valence-corrected chi connectivity index (χ3v) is 5.38. The van der Waals surface area contributed by atoms with Crippen LogP contribution in [0.2, 0.25) is 0 Å². The number of carbonyl (C=O) groups excluding carboxylic acids is 1. The molecule has 3 rings (SSSR count). The number of hydrogen-bond acceptors (Lipinski definition) is 4. The predicted octanol–water partition coefficient (Wildman–Crippen LogP) is 8.45. The molecular weight excluding hydrogens is 531 g/mol. The number of nitrogens with zero attached hydrogens (tertiary/aromatic N) is 2. The van der Waals surface area contributed by atoms with Gasteiger partial charge < -0.3 is 14.0 Å². The number of para-hydroxylation sites is 3. The van der Waals surface area contributed by atoms with Gasteiger partial charge in [0.1, 0.15) is 23.7 Å². The van der Waals surface area contributed by atoms with Gasteiger partial charge in [0, 0.05) is 25.5 Å². The lowest BCUT2D eigenvalue weighted by Gasteiger charge is -2.13. The van der Waals surface area contributed by atoms with Gasteiger partial charge in [0.25, 0.3) is 11.6 Å². The van der Waals surface area contributed by atoms with Crippen LogP contribution in [0.1, 0.15) is 57.2 Å². The van der Waals surface area contributed by atoms with E-state index in [1.165, 1.54) is 22.4 Å². The SMILES string of the molecule is C/C=C\C(=C/CC(F)(F)P)C(C)(F)F.CC.CCn1c(COc2ccccc2C(=O)OC)nc2ccccc21. The van der Waals surface area contributed by atoms with Gasteiger partial charge in [-0.2, -0.15) is 0 Å². The number of halogens is 4. The van der Waals surface area contributed by atoms with E-state index in [2.05, 4.69) is 16.5 Å². The number of fused-ring (bicyclic) bond motifs is 1. The molecule has 0 radical (unpaired) electrons. The number of aryl methyl sites for hydroxylation is 1. The number of benzene rings is 2. The van der Waals surface area contributed by atoms with Crippen molar-refractivity contribution >= 4 is 26.2 Å². The lowest BCUT2D eigenvalue weighted by atomic mass is 10.1. The summed E-state index contributed by atoms with van der Waals surface area (Å²) >= 11 is 0. The van der Waals surface area contributed by atoms with Crippen molar-refractivity contribution in [3.63, 3.8) is 0 Å². The Balaban J connectivity index is 0.000000411. The second kappa shape index (κ2) is 16.0. The normalized spacial score (nSPS) is 11.9. The summed E-state index contributed by atoms with van der Waals surface area (Å²) in [5, 5.41) is 0. The number of aromatic nitrogens is 2. The number of allylic oxidation sites excluding steroid dienone is 4. The lowest BCUT2D eigenvalue weighted by molar-refractivity contribution is 0.0593. The van der Waals surface area contributed by atoms with Crippen molar-refractivity contribution in [2.24, 2.45) is 0 Å². The van der Waals surface area contributed by atoms with Crippen LogP contribution in [0.3, 0.4) is 0 Å². The van der Waals surface area contributed by atoms with Crippen LogP contribution in [0.25, 0.3) is 11.0 Å². The number of hydrogen-bond donors (Lipinski definition) is 0. The van der Waals surface area contributed by atoms with Crippen molar-refractivity contribution in [3.8, 4) is 5.75 Å². The molecule has 3 aromatic rings. The van der Waals surface area contributed by atoms with E-state index in [-0.39, 0.29) is 12.2 Å². The zero-order valence-electron chi connectivity index (χ0n) is 23.2. The Kier molecular flexibility index (Phi) is 13.9. The van der Waals surface area contributed by atoms with Crippen LogP contribution in [0.15, 0.2) is 72.3 Å². The summed E-state index contributed by atoms with van der Waals surface area (Å²) in [5.41, 5.74) is -0.988. The van der Waals surface area contributed by atoms with Crippen LogP contribution >= 0.6 is 9.24 Å². The summed E-state index contributed by atoms with van der Waals surface area (Å²) in [7, 11) is 2.67. The highest BCUT2D eigenvalue weighted by Gasteiger charge is 2.27. The molecule has 1 atom stereocenters. The average molecular weight is 569 g/mol. The van der Waals surface area contributed by atoms with Crippen LogP contribution < -0.4 is 4.74 Å². The van der Waals surface area contributed by atoms with Crippen molar-refractivity contribution in [3.05, 3.63) is 83.7 Å². The number of ether oxygens (including phenoxy) is 2. The van der Waals surface area contributed by atoms with Gasteiger partial charge in [0.2, 0.25) is 0 Å². The lowest BCUT2D eigenvalue weighted by Crippen LogP contribution is -2.13. The zero-order valence-corrected chi connectivity index (χ0v) is 24.3. The molecule has 0 amide bonds. The van der Waals surface area contributed by atoms with Gasteiger partial charge in [-0.3, -0.25) is 0 Å². The molecule has 0 aliphatic rings. The van der Waals surface area contributed by atoms with Gasteiger partial charge >= 0.3 is 5.97 Å². The summed E-state index contributed by atoms with van der Waals surface area (Å²) in [6.07, 6.45) is 2.67. The molecule has 0 fully saturated rings. The molecule has 0 N–H and O–H groups in total. The van der Waals surface area contributed by atoms with Crippen LogP contribution in [0, 0.1) is 0 Å². The number of rotatable bonds is 9. The maximum atomic E-state index is 12.8. The second-order valence-electron chi connectivity index (χ2n) is 8.05.